The number of rotatable bonds is 3. The van der Waals surface area contributed by atoms with Gasteiger partial charge < -0.3 is 15.1 Å². The zero-order chi connectivity index (χ0) is 14.8. The minimum Gasteiger partial charge on any atom is -0.378 e. The molecule has 22 heavy (non-hydrogen) atoms. The molecule has 0 amide bonds. The van der Waals surface area contributed by atoms with Crippen molar-refractivity contribution in [3.8, 4) is 0 Å². The molecule has 0 radical (unpaired) electrons. The maximum Gasteiger partial charge on any atom is 0.0838 e. The lowest BCUT2D eigenvalue weighted by molar-refractivity contribution is 0.122. The van der Waals surface area contributed by atoms with Crippen LogP contribution in [-0.2, 0) is 4.74 Å². The van der Waals surface area contributed by atoms with Gasteiger partial charge in [0.2, 0.25) is 0 Å². The first-order valence-electron chi connectivity index (χ1n) is 7.69. The highest BCUT2D eigenvalue weighted by Gasteiger charge is 2.22. The molecule has 4 nitrogen and oxygen atoms in total. The van der Waals surface area contributed by atoms with E-state index in [1.807, 2.05) is 0 Å². The van der Waals surface area contributed by atoms with Crippen LogP contribution < -0.4 is 10.3 Å². The molecule has 0 spiro atoms. The molecule has 2 aliphatic heterocycles. The third-order valence-electron chi connectivity index (χ3n) is 4.22. The van der Waals surface area contributed by atoms with Crippen LogP contribution in [0.4, 0.5) is 5.69 Å². The van der Waals surface area contributed by atoms with E-state index in [0.29, 0.717) is 6.04 Å². The number of thiophene rings is 1. The van der Waals surface area contributed by atoms with Gasteiger partial charge in [-0.3, -0.25) is 0 Å². The minimum atomic E-state index is 0.328. The Labute approximate surface area is 134 Å². The van der Waals surface area contributed by atoms with Crippen LogP contribution in [0.2, 0.25) is 0 Å². The fourth-order valence-corrected chi connectivity index (χ4v) is 3.73. The first-order chi connectivity index (χ1) is 10.9. The van der Waals surface area contributed by atoms with E-state index in [9.17, 15) is 0 Å². The van der Waals surface area contributed by atoms with Gasteiger partial charge in [-0.15, -0.1) is 11.3 Å². The predicted molar refractivity (Wildman–Crippen MR) is 90.8 cm³/mol. The largest absolute Gasteiger partial charge is 0.378 e. The van der Waals surface area contributed by atoms with Crippen molar-refractivity contribution in [1.29, 1.82) is 0 Å². The molecule has 1 aromatic heterocycles. The van der Waals surface area contributed by atoms with Crippen LogP contribution >= 0.6 is 11.3 Å². The molecule has 1 fully saturated rings. The summed E-state index contributed by atoms with van der Waals surface area (Å²) >= 11 is 1.78. The van der Waals surface area contributed by atoms with Crippen molar-refractivity contribution in [2.24, 2.45) is 5.10 Å². The molecular weight excluding hydrogens is 294 g/mol. The van der Waals surface area contributed by atoms with Crippen molar-refractivity contribution in [2.75, 3.05) is 31.2 Å². The molecule has 1 atom stereocenters. The van der Waals surface area contributed by atoms with Crippen molar-refractivity contribution in [3.63, 3.8) is 0 Å². The van der Waals surface area contributed by atoms with Gasteiger partial charge in [-0.05, 0) is 29.1 Å². The van der Waals surface area contributed by atoms with E-state index in [-0.39, 0.29) is 0 Å². The average molecular weight is 313 g/mol. The highest BCUT2D eigenvalue weighted by atomic mass is 32.1. The van der Waals surface area contributed by atoms with Gasteiger partial charge in [0.1, 0.15) is 0 Å². The Hall–Kier alpha value is -1.85. The molecule has 2 aromatic rings. The van der Waals surface area contributed by atoms with Crippen molar-refractivity contribution in [2.45, 2.75) is 12.5 Å². The Morgan fingerprint density at radius 3 is 2.68 bits per heavy atom. The standard InChI is InChI=1S/C17H19N3OS/c1-2-17(22-11-1)16-12-15(18-19-16)13-3-5-14(6-4-13)20-7-9-21-10-8-20/h1-6,11,16,19H,7-10,12H2. The van der Waals surface area contributed by atoms with Crippen LogP contribution in [0.1, 0.15) is 22.9 Å². The minimum absolute atomic E-state index is 0.328. The summed E-state index contributed by atoms with van der Waals surface area (Å²) < 4.78 is 5.41. The smallest absolute Gasteiger partial charge is 0.0838 e. The number of hydrogen-bond acceptors (Lipinski definition) is 5. The summed E-state index contributed by atoms with van der Waals surface area (Å²) in [5, 5.41) is 6.64. The summed E-state index contributed by atoms with van der Waals surface area (Å²) in [6, 6.07) is 13.3. The maximum atomic E-state index is 5.41. The normalized spacial score (nSPS) is 21.5. The topological polar surface area (TPSA) is 36.9 Å². The summed E-state index contributed by atoms with van der Waals surface area (Å²) in [5.41, 5.74) is 6.89. The fourth-order valence-electron chi connectivity index (χ4n) is 2.96. The number of ether oxygens (including phenoxy) is 1. The molecule has 1 aromatic carbocycles. The zero-order valence-electron chi connectivity index (χ0n) is 12.4. The van der Waals surface area contributed by atoms with Crippen molar-refractivity contribution in [1.82, 2.24) is 5.43 Å². The molecule has 1 saturated heterocycles. The lowest BCUT2D eigenvalue weighted by atomic mass is 10.0. The second kappa shape index (κ2) is 6.10. The van der Waals surface area contributed by atoms with E-state index in [1.54, 1.807) is 11.3 Å². The van der Waals surface area contributed by atoms with Crippen LogP contribution in [0, 0.1) is 0 Å². The SMILES string of the molecule is c1csc(C2CC(c3ccc(N4CCOCC4)cc3)=NN2)c1. The second-order valence-electron chi connectivity index (χ2n) is 5.61. The van der Waals surface area contributed by atoms with Crippen LogP contribution in [0.25, 0.3) is 0 Å². The summed E-state index contributed by atoms with van der Waals surface area (Å²) in [5.74, 6) is 0. The predicted octanol–water partition coefficient (Wildman–Crippen LogP) is 3.02. The molecule has 4 rings (SSSR count). The van der Waals surface area contributed by atoms with Gasteiger partial charge in [0.25, 0.3) is 0 Å². The van der Waals surface area contributed by atoms with Crippen molar-refractivity contribution >= 4 is 22.7 Å². The van der Waals surface area contributed by atoms with E-state index < -0.39 is 0 Å². The monoisotopic (exact) mass is 313 g/mol. The Morgan fingerprint density at radius 2 is 1.95 bits per heavy atom. The molecule has 0 saturated carbocycles. The molecule has 0 aliphatic carbocycles. The molecular formula is C17H19N3OS. The number of nitrogens with one attached hydrogen (secondary N) is 1. The van der Waals surface area contributed by atoms with Gasteiger partial charge in [-0.2, -0.15) is 5.10 Å². The fraction of sp³-hybridized carbons (Fsp3) is 0.353. The van der Waals surface area contributed by atoms with E-state index in [0.717, 1.165) is 38.4 Å². The highest BCUT2D eigenvalue weighted by Crippen LogP contribution is 2.28. The van der Waals surface area contributed by atoms with Gasteiger partial charge >= 0.3 is 0 Å². The number of nitrogens with zero attached hydrogens (tertiary/aromatic N) is 2. The zero-order valence-corrected chi connectivity index (χ0v) is 13.2. The molecule has 2 aliphatic rings. The second-order valence-corrected chi connectivity index (χ2v) is 6.59. The lowest BCUT2D eigenvalue weighted by Gasteiger charge is -2.28. The van der Waals surface area contributed by atoms with E-state index in [4.69, 9.17) is 4.74 Å². The number of morpholine rings is 1. The average Bonchev–Trinajstić information content (AvgIpc) is 3.27. The van der Waals surface area contributed by atoms with Gasteiger partial charge in [-0.1, -0.05) is 18.2 Å². The summed E-state index contributed by atoms with van der Waals surface area (Å²) in [6.07, 6.45) is 0.956. The third-order valence-corrected chi connectivity index (χ3v) is 5.20. The Kier molecular flexibility index (Phi) is 3.83. The molecule has 3 heterocycles. The van der Waals surface area contributed by atoms with E-state index >= 15 is 0 Å². The highest BCUT2D eigenvalue weighted by molar-refractivity contribution is 7.10. The molecule has 114 valence electrons. The molecule has 0 bridgehead atoms. The van der Waals surface area contributed by atoms with Crippen LogP contribution in [-0.4, -0.2) is 32.0 Å². The number of benzene rings is 1. The molecule has 5 heteroatoms. The first-order valence-corrected chi connectivity index (χ1v) is 8.57. The quantitative estimate of drug-likeness (QED) is 0.946. The van der Waals surface area contributed by atoms with Crippen molar-refractivity contribution in [3.05, 3.63) is 52.2 Å². The first kappa shape index (κ1) is 13.8. The van der Waals surface area contributed by atoms with Crippen LogP contribution in [0.5, 0.6) is 0 Å². The summed E-state index contributed by atoms with van der Waals surface area (Å²) in [7, 11) is 0. The molecule has 1 unspecified atom stereocenters. The lowest BCUT2D eigenvalue weighted by Crippen LogP contribution is -2.36. The number of hydrogen-bond donors (Lipinski definition) is 1. The van der Waals surface area contributed by atoms with E-state index in [1.165, 1.54) is 16.1 Å². The maximum absolute atomic E-state index is 5.41. The number of hydrazone groups is 1. The Balaban J connectivity index is 1.45. The third kappa shape index (κ3) is 2.74. The van der Waals surface area contributed by atoms with Gasteiger partial charge in [0.15, 0.2) is 0 Å². The van der Waals surface area contributed by atoms with Gasteiger partial charge in [0.05, 0.1) is 25.0 Å². The van der Waals surface area contributed by atoms with Crippen LogP contribution in [0.15, 0.2) is 46.9 Å². The summed E-state index contributed by atoms with van der Waals surface area (Å²) in [4.78, 5) is 3.72. The van der Waals surface area contributed by atoms with E-state index in [2.05, 4.69) is 57.2 Å². The van der Waals surface area contributed by atoms with Gasteiger partial charge in [-0.25, -0.2) is 0 Å². The Morgan fingerprint density at radius 1 is 1.14 bits per heavy atom. The Bertz CT molecular complexity index is 645. The van der Waals surface area contributed by atoms with Gasteiger partial charge in [0, 0.05) is 30.1 Å². The summed E-state index contributed by atoms with van der Waals surface area (Å²) in [6.45, 7) is 3.59. The van der Waals surface area contributed by atoms with Crippen LogP contribution in [0.3, 0.4) is 0 Å². The van der Waals surface area contributed by atoms with Crippen molar-refractivity contribution < 1.29 is 4.74 Å². The molecule has 1 N–H and O–H groups in total. The number of anilines is 1.